The van der Waals surface area contributed by atoms with Crippen molar-refractivity contribution in [3.63, 3.8) is 0 Å². The summed E-state index contributed by atoms with van der Waals surface area (Å²) < 4.78 is 58.5. The van der Waals surface area contributed by atoms with E-state index in [2.05, 4.69) is 10.3 Å². The van der Waals surface area contributed by atoms with Crippen LogP contribution in [0.15, 0.2) is 55.2 Å². The highest BCUT2D eigenvalue weighted by molar-refractivity contribution is 5.93. The van der Waals surface area contributed by atoms with E-state index in [1.165, 1.54) is 41.6 Å². The Hall–Kier alpha value is -3.47. The van der Waals surface area contributed by atoms with Gasteiger partial charge in [-0.1, -0.05) is 0 Å². The predicted octanol–water partition coefficient (Wildman–Crippen LogP) is 3.29. The van der Waals surface area contributed by atoms with Gasteiger partial charge in [-0.15, -0.1) is 0 Å². The minimum absolute atomic E-state index is 0.0192. The molecule has 11 heteroatoms. The Morgan fingerprint density at radius 3 is 2.76 bits per heavy atom. The van der Waals surface area contributed by atoms with E-state index in [4.69, 9.17) is 0 Å². The van der Waals surface area contributed by atoms with E-state index in [0.29, 0.717) is 10.3 Å². The molecular weight excluding hydrogens is 454 g/mol. The first-order chi connectivity index (χ1) is 16.1. The number of benzene rings is 1. The Labute approximate surface area is 193 Å². The molecule has 180 valence electrons. The molecule has 34 heavy (non-hydrogen) atoms. The van der Waals surface area contributed by atoms with Crippen LogP contribution in [0.2, 0.25) is 0 Å². The van der Waals surface area contributed by atoms with Gasteiger partial charge in [-0.05, 0) is 30.7 Å². The quantitative estimate of drug-likeness (QED) is 0.336. The van der Waals surface area contributed by atoms with Crippen molar-refractivity contribution in [2.24, 2.45) is 0 Å². The SMILES string of the molecule is C[C@@H](C(=O)Nc1cn(Cc2cc(F)ccc2F)cn1)N1CCC(F)(F)[C@@H](c2cc[n+]([O-])cc2)C1. The molecule has 2 aromatic heterocycles. The number of carbonyl (C=O) groups is 1. The lowest BCUT2D eigenvalue weighted by atomic mass is 9.87. The predicted molar refractivity (Wildman–Crippen MR) is 115 cm³/mol. The molecule has 7 nitrogen and oxygen atoms in total. The second-order valence-corrected chi connectivity index (χ2v) is 8.38. The first-order valence-electron chi connectivity index (χ1n) is 10.7. The zero-order valence-electron chi connectivity index (χ0n) is 18.3. The van der Waals surface area contributed by atoms with Crippen LogP contribution in [0.25, 0.3) is 0 Å². The number of nitrogens with one attached hydrogen (secondary N) is 1. The zero-order chi connectivity index (χ0) is 24.5. The summed E-state index contributed by atoms with van der Waals surface area (Å²) in [6, 6.07) is 5.16. The number of anilines is 1. The third-order valence-corrected chi connectivity index (χ3v) is 6.06. The molecule has 0 spiro atoms. The molecule has 1 aliphatic heterocycles. The highest BCUT2D eigenvalue weighted by atomic mass is 19.3. The van der Waals surface area contributed by atoms with E-state index in [1.54, 1.807) is 11.8 Å². The van der Waals surface area contributed by atoms with Crippen LogP contribution in [-0.2, 0) is 11.3 Å². The molecule has 0 aliphatic carbocycles. The van der Waals surface area contributed by atoms with Gasteiger partial charge in [0.15, 0.2) is 18.2 Å². The highest BCUT2D eigenvalue weighted by Crippen LogP contribution is 2.40. The van der Waals surface area contributed by atoms with E-state index in [1.807, 2.05) is 0 Å². The molecule has 4 rings (SSSR count). The van der Waals surface area contributed by atoms with E-state index >= 15 is 0 Å². The Morgan fingerprint density at radius 1 is 1.29 bits per heavy atom. The van der Waals surface area contributed by atoms with Crippen molar-refractivity contribution >= 4 is 11.7 Å². The molecule has 2 atom stereocenters. The van der Waals surface area contributed by atoms with E-state index in [-0.39, 0.29) is 31.0 Å². The molecule has 3 heterocycles. The number of likely N-dealkylation sites (tertiary alicyclic amines) is 1. The summed E-state index contributed by atoms with van der Waals surface area (Å²) in [5.41, 5.74) is 0.463. The second-order valence-electron chi connectivity index (χ2n) is 8.38. The zero-order valence-corrected chi connectivity index (χ0v) is 18.3. The maximum absolute atomic E-state index is 14.6. The van der Waals surface area contributed by atoms with Crippen molar-refractivity contribution in [3.05, 3.63) is 83.2 Å². The minimum Gasteiger partial charge on any atom is -0.619 e. The molecule has 0 saturated carbocycles. The van der Waals surface area contributed by atoms with Crippen LogP contribution in [-0.4, -0.2) is 45.4 Å². The Balaban J connectivity index is 1.40. The monoisotopic (exact) mass is 477 g/mol. The number of rotatable bonds is 6. The van der Waals surface area contributed by atoms with Crippen LogP contribution in [0.5, 0.6) is 0 Å². The number of hydrogen-bond acceptors (Lipinski definition) is 4. The third-order valence-electron chi connectivity index (χ3n) is 6.06. The third kappa shape index (κ3) is 5.19. The van der Waals surface area contributed by atoms with Crippen molar-refractivity contribution in [3.8, 4) is 0 Å². The number of halogens is 4. The maximum atomic E-state index is 14.6. The Bertz CT molecular complexity index is 1170. The summed E-state index contributed by atoms with van der Waals surface area (Å²) in [5.74, 6) is -5.47. The fourth-order valence-electron chi connectivity index (χ4n) is 4.05. The normalized spacial score (nSPS) is 19.0. The number of aromatic nitrogens is 3. The van der Waals surface area contributed by atoms with Gasteiger partial charge in [0.05, 0.1) is 24.8 Å². The van der Waals surface area contributed by atoms with Gasteiger partial charge in [-0.2, -0.15) is 4.73 Å². The summed E-state index contributed by atoms with van der Waals surface area (Å²) in [6.07, 6.45) is 4.78. The lowest BCUT2D eigenvalue weighted by Gasteiger charge is -2.40. The largest absolute Gasteiger partial charge is 0.619 e. The van der Waals surface area contributed by atoms with Crippen LogP contribution in [0, 0.1) is 16.8 Å². The number of piperidine rings is 1. The second kappa shape index (κ2) is 9.41. The number of amides is 1. The Kier molecular flexibility index (Phi) is 6.56. The fourth-order valence-corrected chi connectivity index (χ4v) is 4.05. The van der Waals surface area contributed by atoms with Crippen LogP contribution in [0.1, 0.15) is 30.4 Å². The fraction of sp³-hybridized carbons (Fsp3) is 0.348. The van der Waals surface area contributed by atoms with Gasteiger partial charge < -0.3 is 15.1 Å². The van der Waals surface area contributed by atoms with E-state index in [0.717, 1.165) is 18.2 Å². The van der Waals surface area contributed by atoms with Crippen molar-refractivity contribution in [1.29, 1.82) is 0 Å². The van der Waals surface area contributed by atoms with Gasteiger partial charge in [0.1, 0.15) is 11.6 Å². The summed E-state index contributed by atoms with van der Waals surface area (Å²) in [6.45, 7) is 1.61. The van der Waals surface area contributed by atoms with Crippen LogP contribution >= 0.6 is 0 Å². The molecule has 3 aromatic rings. The first kappa shape index (κ1) is 23.7. The maximum Gasteiger partial charge on any atom is 0.257 e. The molecule has 0 unspecified atom stereocenters. The lowest BCUT2D eigenvalue weighted by molar-refractivity contribution is -0.605. The standard InChI is InChI=1S/C23H23F4N5O2/c1-15(31-9-6-23(26,27)19(12-31)16-4-7-32(34)8-5-16)22(33)29-21-13-30(14-28-21)11-17-10-18(24)2-3-20(17)25/h2-5,7-8,10,13-15,19H,6,9,11-12H2,1H3,(H,29,33)/t15-,19+/m0/s1. The van der Waals surface area contributed by atoms with Gasteiger partial charge in [-0.3, -0.25) is 9.69 Å². The average molecular weight is 477 g/mol. The van der Waals surface area contributed by atoms with Crippen molar-refractivity contribution in [1.82, 2.24) is 14.5 Å². The summed E-state index contributed by atoms with van der Waals surface area (Å²) in [7, 11) is 0. The number of hydrogen-bond donors (Lipinski definition) is 1. The summed E-state index contributed by atoms with van der Waals surface area (Å²) in [4.78, 5) is 18.5. The van der Waals surface area contributed by atoms with Crippen LogP contribution < -0.4 is 10.0 Å². The molecule has 0 radical (unpaired) electrons. The van der Waals surface area contributed by atoms with Gasteiger partial charge in [-0.25, -0.2) is 22.5 Å². The number of carbonyl (C=O) groups excluding carboxylic acids is 1. The number of imidazole rings is 1. The molecule has 1 aromatic carbocycles. The topological polar surface area (TPSA) is 77.1 Å². The van der Waals surface area contributed by atoms with Gasteiger partial charge in [0.2, 0.25) is 5.91 Å². The van der Waals surface area contributed by atoms with Crippen LogP contribution in [0.4, 0.5) is 23.4 Å². The van der Waals surface area contributed by atoms with E-state index < -0.39 is 41.8 Å². The molecule has 1 saturated heterocycles. The number of nitrogens with zero attached hydrogens (tertiary/aromatic N) is 4. The number of alkyl halides is 2. The average Bonchev–Trinajstić information content (AvgIpc) is 3.23. The van der Waals surface area contributed by atoms with Gasteiger partial charge in [0, 0.05) is 43.4 Å². The summed E-state index contributed by atoms with van der Waals surface area (Å²) >= 11 is 0. The molecule has 1 aliphatic rings. The molecule has 0 bridgehead atoms. The summed E-state index contributed by atoms with van der Waals surface area (Å²) in [5, 5.41) is 13.9. The molecule has 1 fully saturated rings. The molecular formula is C23H23F4N5O2. The smallest absolute Gasteiger partial charge is 0.257 e. The minimum atomic E-state index is -2.97. The highest BCUT2D eigenvalue weighted by Gasteiger charge is 2.46. The van der Waals surface area contributed by atoms with Crippen molar-refractivity contribution < 1.29 is 27.1 Å². The first-order valence-corrected chi connectivity index (χ1v) is 10.7. The molecule has 1 N–H and O–H groups in total. The van der Waals surface area contributed by atoms with Gasteiger partial charge >= 0.3 is 0 Å². The molecule has 1 amide bonds. The lowest BCUT2D eigenvalue weighted by Crippen LogP contribution is -2.52. The number of pyridine rings is 1. The van der Waals surface area contributed by atoms with Crippen LogP contribution in [0.3, 0.4) is 0 Å². The Morgan fingerprint density at radius 2 is 2.03 bits per heavy atom. The van der Waals surface area contributed by atoms with E-state index in [9.17, 15) is 27.6 Å². The van der Waals surface area contributed by atoms with Crippen molar-refractivity contribution in [2.75, 3.05) is 18.4 Å². The van der Waals surface area contributed by atoms with Crippen molar-refractivity contribution in [2.45, 2.75) is 37.8 Å². The van der Waals surface area contributed by atoms with Gasteiger partial charge in [0.25, 0.3) is 5.92 Å².